The zero-order valence-electron chi connectivity index (χ0n) is 13.7. The molecule has 2 atom stereocenters. The van der Waals surface area contributed by atoms with Crippen molar-refractivity contribution in [2.75, 3.05) is 18.4 Å². The summed E-state index contributed by atoms with van der Waals surface area (Å²) in [7, 11) is -3.47. The molecule has 1 fully saturated rings. The van der Waals surface area contributed by atoms with Crippen LogP contribution in [0.15, 0.2) is 23.1 Å². The number of fused-ring (bicyclic) bond motifs is 1. The average Bonchev–Trinajstić information content (AvgIpc) is 2.66. The van der Waals surface area contributed by atoms with Gasteiger partial charge in [-0.25, -0.2) is 8.42 Å². The third-order valence-corrected chi connectivity index (χ3v) is 6.50. The van der Waals surface area contributed by atoms with Crippen LogP contribution in [0.25, 0.3) is 0 Å². The number of nitrogens with zero attached hydrogens (tertiary/aromatic N) is 1. The van der Waals surface area contributed by atoms with Gasteiger partial charge in [-0.15, -0.1) is 0 Å². The summed E-state index contributed by atoms with van der Waals surface area (Å²) in [5, 5.41) is 2.85. The highest BCUT2D eigenvalue weighted by Gasteiger charge is 2.32. The maximum absolute atomic E-state index is 13.0. The molecule has 5 nitrogen and oxygen atoms in total. The van der Waals surface area contributed by atoms with E-state index < -0.39 is 10.0 Å². The first-order chi connectivity index (χ1) is 10.9. The molecule has 2 aliphatic heterocycles. The molecule has 1 aromatic carbocycles. The summed E-state index contributed by atoms with van der Waals surface area (Å²) in [6.07, 6.45) is 3.03. The highest BCUT2D eigenvalue weighted by Crippen LogP contribution is 2.30. The van der Waals surface area contributed by atoms with Crippen LogP contribution in [-0.4, -0.2) is 31.7 Å². The second-order valence-corrected chi connectivity index (χ2v) is 8.93. The summed E-state index contributed by atoms with van der Waals surface area (Å²) in [4.78, 5) is 12.0. The van der Waals surface area contributed by atoms with Crippen molar-refractivity contribution in [2.45, 2.75) is 44.4 Å². The Morgan fingerprint density at radius 2 is 1.83 bits per heavy atom. The number of carbonyl (C=O) groups excluding carboxylic acids is 1. The van der Waals surface area contributed by atoms with Crippen LogP contribution in [0, 0.1) is 11.8 Å². The standard InChI is InChI=1S/C17H24N2O3S/c1-12-8-13(2)11-19(10-12)23(21,22)15-6-7-16-14(9-15)4-3-5-17(20)18-16/h6-7,9,12-13H,3-5,8,10-11H2,1-2H3,(H,18,20)/t12-,13+. The van der Waals surface area contributed by atoms with E-state index in [9.17, 15) is 13.2 Å². The molecule has 6 heteroatoms. The fraction of sp³-hybridized carbons (Fsp3) is 0.588. The summed E-state index contributed by atoms with van der Waals surface area (Å²) < 4.78 is 27.5. The Balaban J connectivity index is 1.91. The summed E-state index contributed by atoms with van der Waals surface area (Å²) in [5.41, 5.74) is 1.65. The Morgan fingerprint density at radius 3 is 2.52 bits per heavy atom. The minimum absolute atomic E-state index is 0.00182. The first kappa shape index (κ1) is 16.5. The van der Waals surface area contributed by atoms with Crippen LogP contribution in [0.3, 0.4) is 0 Å². The van der Waals surface area contributed by atoms with Crippen molar-refractivity contribution in [3.05, 3.63) is 23.8 Å². The molecule has 23 heavy (non-hydrogen) atoms. The van der Waals surface area contributed by atoms with Crippen LogP contribution in [0.1, 0.15) is 38.7 Å². The number of amides is 1. The van der Waals surface area contributed by atoms with E-state index in [1.54, 1.807) is 22.5 Å². The van der Waals surface area contributed by atoms with Gasteiger partial charge in [0.1, 0.15) is 0 Å². The van der Waals surface area contributed by atoms with E-state index in [1.807, 2.05) is 0 Å². The number of carbonyl (C=O) groups is 1. The zero-order chi connectivity index (χ0) is 16.6. The predicted molar refractivity (Wildman–Crippen MR) is 89.7 cm³/mol. The number of hydrogen-bond acceptors (Lipinski definition) is 3. The molecule has 1 amide bonds. The number of rotatable bonds is 2. The number of hydrogen-bond donors (Lipinski definition) is 1. The monoisotopic (exact) mass is 336 g/mol. The minimum Gasteiger partial charge on any atom is -0.326 e. The molecule has 1 saturated heterocycles. The molecule has 0 aliphatic carbocycles. The Bertz CT molecular complexity index is 705. The summed E-state index contributed by atoms with van der Waals surface area (Å²) in [6, 6.07) is 5.08. The molecular weight excluding hydrogens is 312 g/mol. The van der Waals surface area contributed by atoms with Gasteiger partial charge >= 0.3 is 0 Å². The number of nitrogens with one attached hydrogen (secondary N) is 1. The van der Waals surface area contributed by atoms with Gasteiger partial charge < -0.3 is 5.32 Å². The van der Waals surface area contributed by atoms with Gasteiger partial charge in [-0.3, -0.25) is 4.79 Å². The van der Waals surface area contributed by atoms with Gasteiger partial charge in [0.25, 0.3) is 0 Å². The average molecular weight is 336 g/mol. The van der Waals surface area contributed by atoms with Crippen molar-refractivity contribution in [3.8, 4) is 0 Å². The smallest absolute Gasteiger partial charge is 0.243 e. The van der Waals surface area contributed by atoms with Gasteiger partial charge in [-0.1, -0.05) is 13.8 Å². The number of sulfonamides is 1. The molecule has 0 bridgehead atoms. The van der Waals surface area contributed by atoms with Crippen molar-refractivity contribution in [2.24, 2.45) is 11.8 Å². The Labute approximate surface area is 138 Å². The topological polar surface area (TPSA) is 66.5 Å². The van der Waals surface area contributed by atoms with E-state index in [-0.39, 0.29) is 5.91 Å². The van der Waals surface area contributed by atoms with E-state index >= 15 is 0 Å². The lowest BCUT2D eigenvalue weighted by Crippen LogP contribution is -2.42. The van der Waals surface area contributed by atoms with Crippen LogP contribution in [-0.2, 0) is 21.2 Å². The molecule has 1 aromatic rings. The lowest BCUT2D eigenvalue weighted by atomic mass is 9.94. The predicted octanol–water partition coefficient (Wildman–Crippen LogP) is 2.63. The highest BCUT2D eigenvalue weighted by molar-refractivity contribution is 7.89. The van der Waals surface area contributed by atoms with Crippen molar-refractivity contribution in [1.29, 1.82) is 0 Å². The van der Waals surface area contributed by atoms with Gasteiger partial charge in [-0.05, 0) is 54.9 Å². The van der Waals surface area contributed by atoms with Crippen LogP contribution in [0.2, 0.25) is 0 Å². The molecule has 2 heterocycles. The van der Waals surface area contributed by atoms with Gasteiger partial charge in [0.15, 0.2) is 0 Å². The normalized spacial score (nSPS) is 26.3. The van der Waals surface area contributed by atoms with Crippen molar-refractivity contribution >= 4 is 21.6 Å². The van der Waals surface area contributed by atoms with E-state index in [4.69, 9.17) is 0 Å². The molecule has 0 aromatic heterocycles. The van der Waals surface area contributed by atoms with Crippen molar-refractivity contribution in [1.82, 2.24) is 4.31 Å². The SMILES string of the molecule is C[C@@H]1C[C@H](C)CN(S(=O)(=O)c2ccc3c(c2)CCCC(=O)N3)C1. The molecule has 0 radical (unpaired) electrons. The molecule has 2 aliphatic rings. The van der Waals surface area contributed by atoms with E-state index in [0.29, 0.717) is 36.2 Å². The number of benzene rings is 1. The maximum atomic E-state index is 13.0. The lowest BCUT2D eigenvalue weighted by Gasteiger charge is -2.34. The Morgan fingerprint density at radius 1 is 1.13 bits per heavy atom. The quantitative estimate of drug-likeness (QED) is 0.903. The van der Waals surface area contributed by atoms with Crippen molar-refractivity contribution < 1.29 is 13.2 Å². The van der Waals surface area contributed by atoms with Crippen LogP contribution >= 0.6 is 0 Å². The first-order valence-electron chi connectivity index (χ1n) is 8.29. The van der Waals surface area contributed by atoms with Gasteiger partial charge in [0.2, 0.25) is 15.9 Å². The molecule has 0 saturated carbocycles. The van der Waals surface area contributed by atoms with Gasteiger partial charge in [-0.2, -0.15) is 4.31 Å². The number of anilines is 1. The largest absolute Gasteiger partial charge is 0.326 e. The Kier molecular flexibility index (Phi) is 4.47. The van der Waals surface area contributed by atoms with E-state index in [2.05, 4.69) is 19.2 Å². The fourth-order valence-electron chi connectivity index (χ4n) is 3.66. The van der Waals surface area contributed by atoms with Gasteiger partial charge in [0, 0.05) is 25.2 Å². The summed E-state index contributed by atoms with van der Waals surface area (Å²) in [5.74, 6) is 0.764. The molecule has 0 unspecified atom stereocenters. The highest BCUT2D eigenvalue weighted by atomic mass is 32.2. The van der Waals surface area contributed by atoms with Crippen molar-refractivity contribution in [3.63, 3.8) is 0 Å². The second-order valence-electron chi connectivity index (χ2n) is 6.99. The molecular formula is C17H24N2O3S. The zero-order valence-corrected chi connectivity index (χ0v) is 14.5. The Hall–Kier alpha value is -1.40. The number of aryl methyl sites for hydroxylation is 1. The van der Waals surface area contributed by atoms with Crippen LogP contribution in [0.4, 0.5) is 5.69 Å². The molecule has 0 spiro atoms. The van der Waals surface area contributed by atoms with Crippen LogP contribution < -0.4 is 5.32 Å². The van der Waals surface area contributed by atoms with E-state index in [0.717, 1.165) is 30.5 Å². The lowest BCUT2D eigenvalue weighted by molar-refractivity contribution is -0.116. The first-order valence-corrected chi connectivity index (χ1v) is 9.73. The molecule has 126 valence electrons. The molecule has 3 rings (SSSR count). The minimum atomic E-state index is -3.47. The third kappa shape index (κ3) is 3.43. The van der Waals surface area contributed by atoms with E-state index in [1.165, 1.54) is 0 Å². The fourth-order valence-corrected chi connectivity index (χ4v) is 5.39. The molecule has 1 N–H and O–H groups in total. The van der Waals surface area contributed by atoms with Crippen LogP contribution in [0.5, 0.6) is 0 Å². The maximum Gasteiger partial charge on any atom is 0.243 e. The third-order valence-electron chi connectivity index (χ3n) is 4.67. The summed E-state index contributed by atoms with van der Waals surface area (Å²) >= 11 is 0. The number of piperidine rings is 1. The summed E-state index contributed by atoms with van der Waals surface area (Å²) in [6.45, 7) is 5.37. The van der Waals surface area contributed by atoms with Gasteiger partial charge in [0.05, 0.1) is 4.90 Å². The second kappa shape index (κ2) is 6.24.